The van der Waals surface area contributed by atoms with E-state index in [1.807, 2.05) is 3.37 Å². The van der Waals surface area contributed by atoms with Gasteiger partial charge in [0.05, 0.1) is 0 Å². The summed E-state index contributed by atoms with van der Waals surface area (Å²) < 4.78 is 11.9. The van der Waals surface area contributed by atoms with Crippen molar-refractivity contribution in [1.82, 2.24) is 0 Å². The summed E-state index contributed by atoms with van der Waals surface area (Å²) in [6.45, 7) is 0. The molecule has 0 bridgehead atoms. The zero-order valence-corrected chi connectivity index (χ0v) is 19.8. The Hall–Kier alpha value is 2.10. The standard InChI is InChI=1S/C14H12S6Se2/c1-2-4-7(3-1)8-17-9-10(18-8)20-11(19-9)14-21-12-13(22-14)16-6-5-15-12/h1-6H2. The van der Waals surface area contributed by atoms with Gasteiger partial charge in [0.25, 0.3) is 0 Å². The Labute approximate surface area is 169 Å². The van der Waals surface area contributed by atoms with Crippen LogP contribution in [0.1, 0.15) is 25.7 Å². The normalized spacial score (nSPS) is 28.4. The summed E-state index contributed by atoms with van der Waals surface area (Å²) in [4.78, 5) is 0. The minimum atomic E-state index is 0.657. The number of hydrogen-bond donors (Lipinski definition) is 0. The third kappa shape index (κ3) is 3.13. The summed E-state index contributed by atoms with van der Waals surface area (Å²) in [5.74, 6) is 2.67. The van der Waals surface area contributed by atoms with Gasteiger partial charge in [-0.1, -0.05) is 0 Å². The summed E-state index contributed by atoms with van der Waals surface area (Å²) in [5, 5.41) is 0. The first-order valence-electron chi connectivity index (χ1n) is 7.14. The molecule has 0 aromatic carbocycles. The maximum atomic E-state index is 2.15. The van der Waals surface area contributed by atoms with E-state index >= 15 is 0 Å². The molecule has 0 radical (unpaired) electrons. The number of allylic oxidation sites excluding steroid dienone is 1. The minimum absolute atomic E-state index is 0.657. The first-order valence-corrected chi connectivity index (χ1v) is 15.8. The molecule has 0 aromatic heterocycles. The quantitative estimate of drug-likeness (QED) is 0.349. The Morgan fingerprint density at radius 1 is 0.636 bits per heavy atom. The van der Waals surface area contributed by atoms with Crippen LogP contribution in [-0.2, 0) is 0 Å². The summed E-state index contributed by atoms with van der Waals surface area (Å²) >= 11 is 14.0. The van der Waals surface area contributed by atoms with Crippen LogP contribution in [0.3, 0.4) is 0 Å². The number of hydrogen-bond acceptors (Lipinski definition) is 6. The van der Waals surface area contributed by atoms with Crippen LogP contribution in [0.15, 0.2) is 33.5 Å². The molecule has 0 atom stereocenters. The Morgan fingerprint density at radius 2 is 1.18 bits per heavy atom. The van der Waals surface area contributed by atoms with Crippen molar-refractivity contribution in [2.24, 2.45) is 0 Å². The van der Waals surface area contributed by atoms with Crippen molar-refractivity contribution in [2.75, 3.05) is 11.5 Å². The van der Waals surface area contributed by atoms with E-state index in [0.29, 0.717) is 29.9 Å². The summed E-state index contributed by atoms with van der Waals surface area (Å²) in [6.07, 6.45) is 5.54. The Kier molecular flexibility index (Phi) is 5.19. The van der Waals surface area contributed by atoms with Gasteiger partial charge in [-0.15, -0.1) is 0 Å². The molecule has 0 spiro atoms. The number of rotatable bonds is 0. The zero-order chi connectivity index (χ0) is 14.5. The van der Waals surface area contributed by atoms with Gasteiger partial charge >= 0.3 is 171 Å². The van der Waals surface area contributed by atoms with E-state index in [0.717, 1.165) is 0 Å². The SMILES string of the molecule is C1CCC(=C2SC3=C(S2)SC(=C2[Se]C4=C(SCCS4)[Se]2)S3)C1. The molecule has 0 N–H and O–H groups in total. The van der Waals surface area contributed by atoms with Crippen LogP contribution in [0, 0.1) is 0 Å². The Bertz CT molecular complexity index is 625. The predicted molar refractivity (Wildman–Crippen MR) is 113 cm³/mol. The van der Waals surface area contributed by atoms with Crippen molar-refractivity contribution >= 4 is 100 Å². The average molecular weight is 531 g/mol. The second kappa shape index (κ2) is 7.02. The first kappa shape index (κ1) is 16.3. The van der Waals surface area contributed by atoms with Gasteiger partial charge in [0.2, 0.25) is 0 Å². The fourth-order valence-electron chi connectivity index (χ4n) is 2.62. The van der Waals surface area contributed by atoms with Gasteiger partial charge < -0.3 is 0 Å². The van der Waals surface area contributed by atoms with Crippen LogP contribution in [0.4, 0.5) is 0 Å². The van der Waals surface area contributed by atoms with Crippen LogP contribution in [0.5, 0.6) is 0 Å². The number of thioether (sulfide) groups is 6. The van der Waals surface area contributed by atoms with Crippen molar-refractivity contribution in [3.8, 4) is 0 Å². The van der Waals surface area contributed by atoms with Gasteiger partial charge in [0.1, 0.15) is 0 Å². The molecule has 116 valence electrons. The Balaban J connectivity index is 1.31. The van der Waals surface area contributed by atoms with Crippen LogP contribution >= 0.6 is 70.6 Å². The molecule has 4 aliphatic heterocycles. The van der Waals surface area contributed by atoms with Gasteiger partial charge in [-0.3, -0.25) is 0 Å². The van der Waals surface area contributed by atoms with E-state index in [9.17, 15) is 0 Å². The Morgan fingerprint density at radius 3 is 1.77 bits per heavy atom. The third-order valence-corrected chi connectivity index (χ3v) is 21.4. The predicted octanol–water partition coefficient (Wildman–Crippen LogP) is 6.01. The fourth-order valence-corrected chi connectivity index (χ4v) is 22.2. The van der Waals surface area contributed by atoms with Crippen LogP contribution in [0.2, 0.25) is 0 Å². The molecule has 1 saturated carbocycles. The molecule has 1 fully saturated rings. The molecule has 5 rings (SSSR count). The summed E-state index contributed by atoms with van der Waals surface area (Å²) in [6, 6.07) is 0. The molecule has 0 unspecified atom stereocenters. The van der Waals surface area contributed by atoms with E-state index in [1.165, 1.54) is 37.2 Å². The summed E-state index contributed by atoms with van der Waals surface area (Å²) in [5.41, 5.74) is 1.75. The summed E-state index contributed by atoms with van der Waals surface area (Å²) in [7, 11) is 0. The average Bonchev–Trinajstić information content (AvgIpc) is 3.27. The molecule has 22 heavy (non-hydrogen) atoms. The molecule has 8 heteroatoms. The van der Waals surface area contributed by atoms with Gasteiger partial charge in [0.15, 0.2) is 0 Å². The molecule has 0 saturated heterocycles. The van der Waals surface area contributed by atoms with Crippen LogP contribution in [-0.4, -0.2) is 41.4 Å². The van der Waals surface area contributed by atoms with Crippen molar-refractivity contribution in [3.05, 3.63) is 33.5 Å². The molecule has 5 aliphatic rings. The second-order valence-electron chi connectivity index (χ2n) is 5.13. The first-order chi connectivity index (χ1) is 10.9. The van der Waals surface area contributed by atoms with Crippen LogP contribution < -0.4 is 0 Å². The molecule has 1 aliphatic carbocycles. The van der Waals surface area contributed by atoms with Crippen molar-refractivity contribution in [1.29, 1.82) is 0 Å². The van der Waals surface area contributed by atoms with E-state index in [2.05, 4.69) is 70.6 Å². The van der Waals surface area contributed by atoms with Crippen molar-refractivity contribution in [2.45, 2.75) is 25.7 Å². The second-order valence-corrected chi connectivity index (χ2v) is 19.2. The maximum absolute atomic E-state index is 2.15. The van der Waals surface area contributed by atoms with E-state index < -0.39 is 0 Å². The van der Waals surface area contributed by atoms with Gasteiger partial charge in [-0.25, -0.2) is 0 Å². The monoisotopic (exact) mass is 532 g/mol. The fraction of sp³-hybridized carbons (Fsp3) is 0.429. The van der Waals surface area contributed by atoms with Gasteiger partial charge in [-0.05, 0) is 0 Å². The molecule has 0 amide bonds. The molecule has 4 heterocycles. The topological polar surface area (TPSA) is 0 Å². The third-order valence-electron chi connectivity index (χ3n) is 3.66. The van der Waals surface area contributed by atoms with Gasteiger partial charge in [-0.2, -0.15) is 0 Å². The van der Waals surface area contributed by atoms with Crippen molar-refractivity contribution < 1.29 is 0 Å². The van der Waals surface area contributed by atoms with Crippen molar-refractivity contribution in [3.63, 3.8) is 0 Å². The molecule has 0 nitrogen and oxygen atoms in total. The van der Waals surface area contributed by atoms with E-state index in [1.54, 1.807) is 30.1 Å². The molecule has 0 aromatic rings. The molecular weight excluding hydrogens is 518 g/mol. The van der Waals surface area contributed by atoms with Crippen LogP contribution in [0.25, 0.3) is 0 Å². The van der Waals surface area contributed by atoms with E-state index in [4.69, 9.17) is 0 Å². The zero-order valence-electron chi connectivity index (χ0n) is 11.5. The van der Waals surface area contributed by atoms with Gasteiger partial charge in [0, 0.05) is 0 Å². The van der Waals surface area contributed by atoms with E-state index in [-0.39, 0.29) is 0 Å². The molecular formula is C14H12S6Se2.